The van der Waals surface area contributed by atoms with E-state index in [9.17, 15) is 4.79 Å². The summed E-state index contributed by atoms with van der Waals surface area (Å²) < 4.78 is 0. The molecule has 1 saturated carbocycles. The maximum absolute atomic E-state index is 11.1. The molecule has 1 aliphatic carbocycles. The Bertz CT molecular complexity index is 656. The van der Waals surface area contributed by atoms with E-state index in [1.165, 1.54) is 22.8 Å². The molecule has 0 spiro atoms. The zero-order valence-corrected chi connectivity index (χ0v) is 12.5. The van der Waals surface area contributed by atoms with Gasteiger partial charge >= 0.3 is 5.97 Å². The number of carbonyl (C=O) groups is 1. The average Bonchev–Trinajstić information content (AvgIpc) is 2.45. The third kappa shape index (κ3) is 2.94. The second-order valence-electron chi connectivity index (χ2n) is 6.74. The molecule has 1 fully saturated rings. The number of carboxylic acids is 1. The number of rotatable bonds is 3. The second-order valence-corrected chi connectivity index (χ2v) is 6.74. The molecule has 0 aromatic heterocycles. The summed E-state index contributed by atoms with van der Waals surface area (Å²) in [5.41, 5.74) is 1.33. The molecule has 0 aliphatic heterocycles. The van der Waals surface area contributed by atoms with Crippen molar-refractivity contribution >= 4 is 16.7 Å². The number of hydrogen-bond donors (Lipinski definition) is 1. The van der Waals surface area contributed by atoms with Gasteiger partial charge in [-0.05, 0) is 46.9 Å². The topological polar surface area (TPSA) is 37.3 Å². The fourth-order valence-corrected chi connectivity index (χ4v) is 3.97. The zero-order chi connectivity index (χ0) is 14.9. The van der Waals surface area contributed by atoms with Crippen molar-refractivity contribution in [3.05, 3.63) is 48.0 Å². The smallest absolute Gasteiger partial charge is 0.303 e. The van der Waals surface area contributed by atoms with Gasteiger partial charge in [0.1, 0.15) is 0 Å². The Labute approximate surface area is 125 Å². The largest absolute Gasteiger partial charge is 0.481 e. The van der Waals surface area contributed by atoms with Crippen LogP contribution in [0.25, 0.3) is 10.8 Å². The van der Waals surface area contributed by atoms with E-state index in [0.29, 0.717) is 5.92 Å². The van der Waals surface area contributed by atoms with Gasteiger partial charge in [-0.2, -0.15) is 0 Å². The van der Waals surface area contributed by atoms with Gasteiger partial charge in [-0.3, -0.25) is 4.79 Å². The van der Waals surface area contributed by atoms with E-state index in [1.807, 2.05) is 0 Å². The standard InChI is InChI=1S/C19H22O2/c1-19(13-18(20)21)11-5-8-15(12-19)17-10-4-7-14-6-2-3-9-16(14)17/h2-4,6-7,9-10,15H,5,8,11-13H2,1H3,(H,20,21). The predicted molar refractivity (Wildman–Crippen MR) is 85.5 cm³/mol. The molecular formula is C19H22O2. The molecule has 3 rings (SSSR count). The number of benzene rings is 2. The van der Waals surface area contributed by atoms with Crippen molar-refractivity contribution in [1.29, 1.82) is 0 Å². The van der Waals surface area contributed by atoms with Crippen LogP contribution in [0.2, 0.25) is 0 Å². The van der Waals surface area contributed by atoms with E-state index in [-0.39, 0.29) is 11.8 Å². The van der Waals surface area contributed by atoms with Gasteiger partial charge in [0.25, 0.3) is 0 Å². The van der Waals surface area contributed by atoms with Gasteiger partial charge in [0.2, 0.25) is 0 Å². The average molecular weight is 282 g/mol. The highest BCUT2D eigenvalue weighted by molar-refractivity contribution is 5.86. The van der Waals surface area contributed by atoms with Gasteiger partial charge in [-0.15, -0.1) is 0 Å². The van der Waals surface area contributed by atoms with Crippen LogP contribution in [-0.2, 0) is 4.79 Å². The molecule has 2 aromatic carbocycles. The Hall–Kier alpha value is -1.83. The highest BCUT2D eigenvalue weighted by Gasteiger charge is 2.35. The summed E-state index contributed by atoms with van der Waals surface area (Å²) in [4.78, 5) is 11.1. The minimum absolute atomic E-state index is 0.0638. The number of hydrogen-bond acceptors (Lipinski definition) is 1. The molecule has 2 unspecified atom stereocenters. The Morgan fingerprint density at radius 1 is 1.24 bits per heavy atom. The lowest BCUT2D eigenvalue weighted by atomic mass is 9.67. The molecule has 0 bridgehead atoms. The maximum atomic E-state index is 11.1. The van der Waals surface area contributed by atoms with Crippen LogP contribution < -0.4 is 0 Å². The molecule has 2 heteroatoms. The van der Waals surface area contributed by atoms with Crippen molar-refractivity contribution in [1.82, 2.24) is 0 Å². The van der Waals surface area contributed by atoms with Gasteiger partial charge in [-0.1, -0.05) is 55.8 Å². The minimum atomic E-state index is -0.670. The SMILES string of the molecule is CC1(CC(=O)O)CCCC(c2cccc3ccccc23)C1. The molecule has 2 atom stereocenters. The molecule has 1 aliphatic rings. The van der Waals surface area contributed by atoms with Crippen molar-refractivity contribution in [3.63, 3.8) is 0 Å². The summed E-state index contributed by atoms with van der Waals surface area (Å²) in [5.74, 6) is -0.190. The van der Waals surface area contributed by atoms with Crippen molar-refractivity contribution < 1.29 is 9.90 Å². The summed E-state index contributed by atoms with van der Waals surface area (Å²) in [6, 6.07) is 15.0. The molecule has 2 nitrogen and oxygen atoms in total. The first-order chi connectivity index (χ1) is 10.1. The van der Waals surface area contributed by atoms with E-state index in [0.717, 1.165) is 19.3 Å². The minimum Gasteiger partial charge on any atom is -0.481 e. The first-order valence-corrected chi connectivity index (χ1v) is 7.77. The van der Waals surface area contributed by atoms with Crippen LogP contribution in [-0.4, -0.2) is 11.1 Å². The van der Waals surface area contributed by atoms with Crippen molar-refractivity contribution in [2.75, 3.05) is 0 Å². The third-order valence-corrected chi connectivity index (χ3v) is 4.91. The predicted octanol–water partition coefficient (Wildman–Crippen LogP) is 4.98. The fourth-order valence-electron chi connectivity index (χ4n) is 3.97. The van der Waals surface area contributed by atoms with Gasteiger partial charge in [0.05, 0.1) is 6.42 Å². The molecular weight excluding hydrogens is 260 g/mol. The lowest BCUT2D eigenvalue weighted by Gasteiger charge is -2.37. The van der Waals surface area contributed by atoms with Crippen LogP contribution in [0.15, 0.2) is 42.5 Å². The van der Waals surface area contributed by atoms with Crippen molar-refractivity contribution in [2.24, 2.45) is 5.41 Å². The molecule has 0 radical (unpaired) electrons. The Morgan fingerprint density at radius 2 is 2.00 bits per heavy atom. The molecule has 2 aromatic rings. The van der Waals surface area contributed by atoms with Crippen molar-refractivity contribution in [2.45, 2.75) is 44.9 Å². The maximum Gasteiger partial charge on any atom is 0.303 e. The summed E-state index contributed by atoms with van der Waals surface area (Å²) in [6.07, 6.45) is 4.59. The molecule has 21 heavy (non-hydrogen) atoms. The summed E-state index contributed by atoms with van der Waals surface area (Å²) >= 11 is 0. The number of carboxylic acid groups (broad SMARTS) is 1. The van der Waals surface area contributed by atoms with Gasteiger partial charge in [0.15, 0.2) is 0 Å². The van der Waals surface area contributed by atoms with E-state index in [1.54, 1.807) is 0 Å². The summed E-state index contributed by atoms with van der Waals surface area (Å²) in [7, 11) is 0. The quantitative estimate of drug-likeness (QED) is 0.862. The van der Waals surface area contributed by atoms with Crippen LogP contribution in [0.4, 0.5) is 0 Å². The Balaban J connectivity index is 1.93. The fraction of sp³-hybridized carbons (Fsp3) is 0.421. The van der Waals surface area contributed by atoms with Crippen molar-refractivity contribution in [3.8, 4) is 0 Å². The first kappa shape index (κ1) is 14.1. The molecule has 0 amide bonds. The lowest BCUT2D eigenvalue weighted by molar-refractivity contribution is -0.140. The van der Waals surface area contributed by atoms with Gasteiger partial charge in [-0.25, -0.2) is 0 Å². The normalized spacial score (nSPS) is 25.9. The van der Waals surface area contributed by atoms with E-state index in [2.05, 4.69) is 49.4 Å². The van der Waals surface area contributed by atoms with E-state index >= 15 is 0 Å². The lowest BCUT2D eigenvalue weighted by Crippen LogP contribution is -2.27. The first-order valence-electron chi connectivity index (χ1n) is 7.77. The second kappa shape index (κ2) is 5.51. The van der Waals surface area contributed by atoms with Crippen LogP contribution >= 0.6 is 0 Å². The Morgan fingerprint density at radius 3 is 2.81 bits per heavy atom. The van der Waals surface area contributed by atoms with Crippen LogP contribution in [0, 0.1) is 5.41 Å². The highest BCUT2D eigenvalue weighted by Crippen LogP contribution is 2.47. The molecule has 110 valence electrons. The molecule has 1 N–H and O–H groups in total. The van der Waals surface area contributed by atoms with Crippen LogP contribution in [0.5, 0.6) is 0 Å². The summed E-state index contributed by atoms with van der Waals surface area (Å²) in [6.45, 7) is 2.14. The molecule has 0 heterocycles. The number of aliphatic carboxylic acids is 1. The van der Waals surface area contributed by atoms with Crippen LogP contribution in [0.3, 0.4) is 0 Å². The van der Waals surface area contributed by atoms with Gasteiger partial charge < -0.3 is 5.11 Å². The zero-order valence-electron chi connectivity index (χ0n) is 12.5. The molecule has 0 saturated heterocycles. The van der Waals surface area contributed by atoms with Gasteiger partial charge in [0, 0.05) is 0 Å². The highest BCUT2D eigenvalue weighted by atomic mass is 16.4. The third-order valence-electron chi connectivity index (χ3n) is 4.91. The van der Waals surface area contributed by atoms with Crippen LogP contribution in [0.1, 0.15) is 50.5 Å². The monoisotopic (exact) mass is 282 g/mol. The Kier molecular flexibility index (Phi) is 3.71. The number of fused-ring (bicyclic) bond motifs is 1. The van der Waals surface area contributed by atoms with E-state index < -0.39 is 5.97 Å². The summed E-state index contributed by atoms with van der Waals surface area (Å²) in [5, 5.41) is 11.8. The van der Waals surface area contributed by atoms with E-state index in [4.69, 9.17) is 5.11 Å².